The topological polar surface area (TPSA) is 72.7 Å². The molecule has 0 aromatic heterocycles. The molecule has 1 aromatic rings. The second kappa shape index (κ2) is 17.9. The summed E-state index contributed by atoms with van der Waals surface area (Å²) in [5.74, 6) is 0. The summed E-state index contributed by atoms with van der Waals surface area (Å²) in [7, 11) is 0. The second-order valence-corrected chi connectivity index (χ2v) is 8.39. The Morgan fingerprint density at radius 2 is 1.28 bits per heavy atom. The number of benzene rings is 1. The minimum atomic E-state index is -1.10. The van der Waals surface area contributed by atoms with E-state index in [9.17, 15) is 15.3 Å². The standard InChI is InChI=1S/C25H45NO3/c1-2-3-4-5-6-7-8-9-10-11-12-16-19-23(25(29)24(28)21-27)26-20-22-17-14-13-15-18-22/h13-15,17-18,23-29H,2-12,16,19-21H2,1H3/t23-,24-,25-/m0/s1. The van der Waals surface area contributed by atoms with Crippen molar-refractivity contribution >= 4 is 0 Å². The number of hydrogen-bond donors (Lipinski definition) is 4. The maximum Gasteiger partial charge on any atom is 0.104 e. The molecule has 29 heavy (non-hydrogen) atoms. The van der Waals surface area contributed by atoms with Crippen molar-refractivity contribution in [1.82, 2.24) is 5.32 Å². The predicted molar refractivity (Wildman–Crippen MR) is 122 cm³/mol. The zero-order chi connectivity index (χ0) is 21.2. The second-order valence-electron chi connectivity index (χ2n) is 8.39. The van der Waals surface area contributed by atoms with E-state index in [-0.39, 0.29) is 6.04 Å². The van der Waals surface area contributed by atoms with Gasteiger partial charge >= 0.3 is 0 Å². The summed E-state index contributed by atoms with van der Waals surface area (Å²) in [5, 5.41) is 32.7. The Hall–Kier alpha value is -0.940. The van der Waals surface area contributed by atoms with Crippen molar-refractivity contribution in [3.05, 3.63) is 35.9 Å². The van der Waals surface area contributed by atoms with Crippen LogP contribution in [0.2, 0.25) is 0 Å². The Kier molecular flexibility index (Phi) is 16.1. The van der Waals surface area contributed by atoms with Gasteiger partial charge in [0.2, 0.25) is 0 Å². The predicted octanol–water partition coefficient (Wildman–Crippen LogP) is 4.95. The molecule has 0 unspecified atom stereocenters. The number of aliphatic hydroxyl groups excluding tert-OH is 3. The van der Waals surface area contributed by atoms with E-state index in [1.807, 2.05) is 30.3 Å². The molecule has 0 aliphatic carbocycles. The van der Waals surface area contributed by atoms with Gasteiger partial charge in [-0.15, -0.1) is 0 Å². The molecule has 1 aromatic carbocycles. The number of rotatable bonds is 19. The number of hydrogen-bond acceptors (Lipinski definition) is 4. The maximum atomic E-state index is 10.4. The van der Waals surface area contributed by atoms with Crippen LogP contribution in [0.1, 0.15) is 96.0 Å². The van der Waals surface area contributed by atoms with E-state index in [0.717, 1.165) is 24.8 Å². The van der Waals surface area contributed by atoms with E-state index in [4.69, 9.17) is 0 Å². The van der Waals surface area contributed by atoms with Crippen LogP contribution in [0.25, 0.3) is 0 Å². The zero-order valence-corrected chi connectivity index (χ0v) is 18.6. The van der Waals surface area contributed by atoms with Gasteiger partial charge in [-0.25, -0.2) is 0 Å². The Balaban J connectivity index is 2.16. The van der Waals surface area contributed by atoms with Crippen molar-refractivity contribution in [3.63, 3.8) is 0 Å². The van der Waals surface area contributed by atoms with Crippen LogP contribution in [0.3, 0.4) is 0 Å². The van der Waals surface area contributed by atoms with Gasteiger partial charge in [0.05, 0.1) is 12.7 Å². The average molecular weight is 408 g/mol. The normalized spacial score (nSPS) is 14.6. The number of unbranched alkanes of at least 4 members (excludes halogenated alkanes) is 11. The van der Waals surface area contributed by atoms with Crippen LogP contribution in [0.5, 0.6) is 0 Å². The Bertz CT molecular complexity index is 468. The zero-order valence-electron chi connectivity index (χ0n) is 18.6. The summed E-state index contributed by atoms with van der Waals surface area (Å²) in [6.07, 6.45) is 14.4. The van der Waals surface area contributed by atoms with Gasteiger partial charge in [0.15, 0.2) is 0 Å². The summed E-state index contributed by atoms with van der Waals surface area (Å²) in [6.45, 7) is 2.50. The van der Waals surface area contributed by atoms with Gasteiger partial charge < -0.3 is 20.6 Å². The van der Waals surface area contributed by atoms with Crippen molar-refractivity contribution in [1.29, 1.82) is 0 Å². The lowest BCUT2D eigenvalue weighted by Gasteiger charge is -2.27. The molecule has 0 aliphatic heterocycles. The van der Waals surface area contributed by atoms with Gasteiger partial charge in [-0.1, -0.05) is 114 Å². The summed E-state index contributed by atoms with van der Waals surface area (Å²) in [6, 6.07) is 9.86. The SMILES string of the molecule is CCCCCCCCCCCCCC[C@H](NCc1ccccc1)[C@H](O)[C@@H](O)CO. The van der Waals surface area contributed by atoms with E-state index < -0.39 is 18.8 Å². The minimum absolute atomic E-state index is 0.208. The first-order chi connectivity index (χ1) is 14.2. The molecule has 0 aliphatic rings. The lowest BCUT2D eigenvalue weighted by molar-refractivity contribution is -0.0340. The molecule has 4 heteroatoms. The number of aliphatic hydroxyl groups is 3. The summed E-state index contributed by atoms with van der Waals surface area (Å²) >= 11 is 0. The molecule has 0 heterocycles. The van der Waals surface area contributed by atoms with E-state index >= 15 is 0 Å². The molecule has 1 rings (SSSR count). The molecule has 0 spiro atoms. The Labute approximate surface area is 178 Å². The van der Waals surface area contributed by atoms with E-state index in [1.54, 1.807) is 0 Å². The molecule has 0 saturated carbocycles. The fourth-order valence-corrected chi connectivity index (χ4v) is 3.82. The minimum Gasteiger partial charge on any atom is -0.394 e. The fraction of sp³-hybridized carbons (Fsp3) is 0.760. The third kappa shape index (κ3) is 13.1. The summed E-state index contributed by atoms with van der Waals surface area (Å²) < 4.78 is 0. The quantitative estimate of drug-likeness (QED) is 0.245. The lowest BCUT2D eigenvalue weighted by atomic mass is 9.98. The fourth-order valence-electron chi connectivity index (χ4n) is 3.82. The Morgan fingerprint density at radius 1 is 0.759 bits per heavy atom. The van der Waals surface area contributed by atoms with Crippen molar-refractivity contribution in [2.45, 2.75) is 115 Å². The molecule has 0 saturated heterocycles. The summed E-state index contributed by atoms with van der Waals surface area (Å²) in [4.78, 5) is 0. The molecule has 0 radical (unpaired) electrons. The first-order valence-corrected chi connectivity index (χ1v) is 11.9. The van der Waals surface area contributed by atoms with Crippen molar-refractivity contribution in [2.75, 3.05) is 6.61 Å². The van der Waals surface area contributed by atoms with Crippen molar-refractivity contribution in [2.24, 2.45) is 0 Å². The van der Waals surface area contributed by atoms with Gasteiger partial charge in [0.25, 0.3) is 0 Å². The molecular formula is C25H45NO3. The highest BCUT2D eigenvalue weighted by Gasteiger charge is 2.25. The van der Waals surface area contributed by atoms with Crippen LogP contribution in [-0.4, -0.2) is 40.2 Å². The van der Waals surface area contributed by atoms with Crippen LogP contribution in [0.4, 0.5) is 0 Å². The molecular weight excluding hydrogens is 362 g/mol. The van der Waals surface area contributed by atoms with Gasteiger partial charge in [-0.2, -0.15) is 0 Å². The van der Waals surface area contributed by atoms with Crippen LogP contribution in [0.15, 0.2) is 30.3 Å². The van der Waals surface area contributed by atoms with Crippen molar-refractivity contribution in [3.8, 4) is 0 Å². The molecule has 4 nitrogen and oxygen atoms in total. The third-order valence-electron chi connectivity index (χ3n) is 5.77. The molecule has 4 N–H and O–H groups in total. The molecule has 168 valence electrons. The Morgan fingerprint density at radius 3 is 1.79 bits per heavy atom. The van der Waals surface area contributed by atoms with Gasteiger partial charge in [0, 0.05) is 12.6 Å². The van der Waals surface area contributed by atoms with E-state index in [0.29, 0.717) is 6.54 Å². The van der Waals surface area contributed by atoms with Gasteiger partial charge in [-0.05, 0) is 12.0 Å². The smallest absolute Gasteiger partial charge is 0.104 e. The van der Waals surface area contributed by atoms with Gasteiger partial charge in [-0.3, -0.25) is 0 Å². The highest BCUT2D eigenvalue weighted by Crippen LogP contribution is 2.15. The van der Waals surface area contributed by atoms with Crippen molar-refractivity contribution < 1.29 is 15.3 Å². The van der Waals surface area contributed by atoms with E-state index in [1.165, 1.54) is 64.2 Å². The van der Waals surface area contributed by atoms with Crippen LogP contribution in [0, 0.1) is 0 Å². The molecule has 0 bridgehead atoms. The van der Waals surface area contributed by atoms with E-state index in [2.05, 4.69) is 12.2 Å². The average Bonchev–Trinajstić information content (AvgIpc) is 2.76. The largest absolute Gasteiger partial charge is 0.394 e. The van der Waals surface area contributed by atoms with Gasteiger partial charge in [0.1, 0.15) is 6.10 Å². The monoisotopic (exact) mass is 407 g/mol. The number of nitrogens with one attached hydrogen (secondary N) is 1. The van der Waals surface area contributed by atoms with Crippen LogP contribution in [-0.2, 0) is 6.54 Å². The summed E-state index contributed by atoms with van der Waals surface area (Å²) in [5.41, 5.74) is 1.15. The third-order valence-corrected chi connectivity index (χ3v) is 5.77. The highest BCUT2D eigenvalue weighted by molar-refractivity contribution is 5.14. The van der Waals surface area contributed by atoms with Crippen LogP contribution >= 0.6 is 0 Å². The van der Waals surface area contributed by atoms with Crippen LogP contribution < -0.4 is 5.32 Å². The lowest BCUT2D eigenvalue weighted by Crippen LogP contribution is -2.47. The first-order valence-electron chi connectivity index (χ1n) is 11.9. The molecule has 0 amide bonds. The first kappa shape index (κ1) is 26.1. The highest BCUT2D eigenvalue weighted by atomic mass is 16.4. The maximum absolute atomic E-state index is 10.4. The molecule has 0 fully saturated rings. The molecule has 3 atom stereocenters.